The highest BCUT2D eigenvalue weighted by Gasteiger charge is 2.36. The Morgan fingerprint density at radius 3 is 2.76 bits per heavy atom. The minimum Gasteiger partial charge on any atom is -0.389 e. The molecule has 2 heterocycles. The summed E-state index contributed by atoms with van der Waals surface area (Å²) in [7, 11) is 0. The number of carbonyl (C=O) groups excluding carboxylic acids is 4. The van der Waals surface area contributed by atoms with Crippen molar-refractivity contribution in [2.24, 2.45) is 0 Å². The van der Waals surface area contributed by atoms with Crippen molar-refractivity contribution in [3.63, 3.8) is 0 Å². The topological polar surface area (TPSA) is 119 Å². The zero-order valence-corrected chi connectivity index (χ0v) is 13.9. The maximum absolute atomic E-state index is 12.3. The molecule has 3 rings (SSSR count). The largest absolute Gasteiger partial charge is 0.389 e. The molecule has 0 spiro atoms. The second-order valence-electron chi connectivity index (χ2n) is 6.68. The van der Waals surface area contributed by atoms with Gasteiger partial charge in [0.25, 0.3) is 0 Å². The predicted octanol–water partition coefficient (Wildman–Crippen LogP) is -1.27. The van der Waals surface area contributed by atoms with E-state index in [1.807, 2.05) is 0 Å². The molecule has 1 aliphatic carbocycles. The van der Waals surface area contributed by atoms with Crippen molar-refractivity contribution in [1.82, 2.24) is 20.4 Å². The number of nitrogens with one attached hydrogen (secondary N) is 2. The van der Waals surface area contributed by atoms with Gasteiger partial charge in [-0.2, -0.15) is 0 Å². The first-order valence-corrected chi connectivity index (χ1v) is 8.44. The van der Waals surface area contributed by atoms with Crippen molar-refractivity contribution >= 4 is 23.8 Å². The summed E-state index contributed by atoms with van der Waals surface area (Å²) in [6.45, 7) is 0.00468. The predicted molar refractivity (Wildman–Crippen MR) is 86.2 cm³/mol. The fraction of sp³-hybridized carbons (Fsp3) is 0.625. The Morgan fingerprint density at radius 1 is 1.32 bits per heavy atom. The average molecular weight is 350 g/mol. The van der Waals surface area contributed by atoms with E-state index in [1.165, 1.54) is 0 Å². The molecule has 5 amide bonds. The van der Waals surface area contributed by atoms with Gasteiger partial charge in [-0.05, 0) is 19.3 Å². The van der Waals surface area contributed by atoms with Crippen molar-refractivity contribution in [3.05, 3.63) is 11.6 Å². The molecule has 0 aromatic heterocycles. The molecule has 9 heteroatoms. The molecular formula is C16H22N4O5. The summed E-state index contributed by atoms with van der Waals surface area (Å²) in [6.07, 6.45) is 4.64. The van der Waals surface area contributed by atoms with Gasteiger partial charge in [0.05, 0.1) is 12.1 Å². The lowest BCUT2D eigenvalue weighted by Gasteiger charge is -2.19. The Morgan fingerprint density at radius 2 is 2.12 bits per heavy atom. The molecule has 0 saturated carbocycles. The lowest BCUT2D eigenvalue weighted by atomic mass is 10.1. The highest BCUT2D eigenvalue weighted by molar-refractivity contribution is 6.03. The average Bonchev–Trinajstić information content (AvgIpc) is 3.23. The molecule has 2 saturated heterocycles. The summed E-state index contributed by atoms with van der Waals surface area (Å²) in [4.78, 5) is 49.5. The van der Waals surface area contributed by atoms with E-state index in [4.69, 9.17) is 0 Å². The smallest absolute Gasteiger partial charge is 0.325 e. The molecule has 136 valence electrons. The third-order valence-electron chi connectivity index (χ3n) is 4.70. The molecule has 2 aliphatic heterocycles. The summed E-state index contributed by atoms with van der Waals surface area (Å²) >= 11 is 0. The van der Waals surface area contributed by atoms with E-state index in [0.29, 0.717) is 6.42 Å². The fourth-order valence-electron chi connectivity index (χ4n) is 3.37. The van der Waals surface area contributed by atoms with Gasteiger partial charge < -0.3 is 20.2 Å². The summed E-state index contributed by atoms with van der Waals surface area (Å²) in [5, 5.41) is 14.8. The minimum atomic E-state index is -0.848. The van der Waals surface area contributed by atoms with Gasteiger partial charge in [-0.3, -0.25) is 19.7 Å². The molecule has 25 heavy (non-hydrogen) atoms. The molecule has 0 aromatic carbocycles. The van der Waals surface area contributed by atoms with Gasteiger partial charge in [0.1, 0.15) is 13.1 Å². The van der Waals surface area contributed by atoms with E-state index in [0.717, 1.165) is 29.7 Å². The van der Waals surface area contributed by atoms with Crippen LogP contribution in [0, 0.1) is 0 Å². The van der Waals surface area contributed by atoms with E-state index in [1.54, 1.807) is 4.90 Å². The van der Waals surface area contributed by atoms with Crippen molar-refractivity contribution in [1.29, 1.82) is 0 Å². The number of aliphatic hydroxyl groups excluding tert-OH is 1. The van der Waals surface area contributed by atoms with E-state index >= 15 is 0 Å². The molecular weight excluding hydrogens is 328 g/mol. The molecule has 9 nitrogen and oxygen atoms in total. The summed E-state index contributed by atoms with van der Waals surface area (Å²) in [6, 6.07) is -1.18. The van der Waals surface area contributed by atoms with Gasteiger partial charge in [-0.25, -0.2) is 4.79 Å². The highest BCUT2D eigenvalue weighted by atomic mass is 16.3. The first kappa shape index (κ1) is 17.4. The molecule has 0 radical (unpaired) electrons. The van der Waals surface area contributed by atoms with Crippen LogP contribution in [0.4, 0.5) is 4.79 Å². The monoisotopic (exact) mass is 350 g/mol. The summed E-state index contributed by atoms with van der Waals surface area (Å²) < 4.78 is 0. The zero-order valence-electron chi connectivity index (χ0n) is 13.9. The maximum atomic E-state index is 12.3. The number of aliphatic hydroxyl groups is 1. The quantitative estimate of drug-likeness (QED) is 0.422. The van der Waals surface area contributed by atoms with Gasteiger partial charge in [-0.15, -0.1) is 0 Å². The van der Waals surface area contributed by atoms with Gasteiger partial charge in [0, 0.05) is 19.5 Å². The Bertz CT molecular complexity index is 632. The van der Waals surface area contributed by atoms with Crippen molar-refractivity contribution in [3.8, 4) is 0 Å². The van der Waals surface area contributed by atoms with Crippen LogP contribution in [0.3, 0.4) is 0 Å². The third kappa shape index (κ3) is 4.16. The SMILES string of the molecule is O=C1CN(CC(=O)N[C@@H]2CN(C(=O)CC3=CCCC3)C[C@H]2O)C(=O)N1. The van der Waals surface area contributed by atoms with E-state index in [-0.39, 0.29) is 32.1 Å². The molecule has 0 bridgehead atoms. The van der Waals surface area contributed by atoms with Crippen LogP contribution in [0.15, 0.2) is 11.6 Å². The standard InChI is InChI=1S/C16H22N4O5/c21-12-7-19(15(24)5-10-3-1-2-4-10)6-11(12)17-13(22)8-20-9-14(23)18-16(20)25/h3,11-12,21H,1-2,4-9H2,(H,17,22)(H,18,23,25)/t11-,12-/m1/s1. The van der Waals surface area contributed by atoms with Crippen LogP contribution in [0.1, 0.15) is 25.7 Å². The van der Waals surface area contributed by atoms with Crippen LogP contribution in [0.2, 0.25) is 0 Å². The second kappa shape index (κ2) is 7.22. The van der Waals surface area contributed by atoms with Gasteiger partial charge in [0.2, 0.25) is 17.7 Å². The Labute approximate surface area is 145 Å². The molecule has 3 aliphatic rings. The number of rotatable bonds is 5. The van der Waals surface area contributed by atoms with Crippen molar-refractivity contribution in [2.45, 2.75) is 37.8 Å². The highest BCUT2D eigenvalue weighted by Crippen LogP contribution is 2.22. The molecule has 0 aromatic rings. The Hall–Kier alpha value is -2.42. The number of allylic oxidation sites excluding steroid dienone is 1. The van der Waals surface area contributed by atoms with E-state index < -0.39 is 30.0 Å². The van der Waals surface area contributed by atoms with Crippen LogP contribution in [0.5, 0.6) is 0 Å². The number of likely N-dealkylation sites (tertiary alicyclic amines) is 1. The van der Waals surface area contributed by atoms with E-state index in [2.05, 4.69) is 16.7 Å². The summed E-state index contributed by atoms with van der Waals surface area (Å²) in [5.74, 6) is -0.966. The number of nitrogens with zero attached hydrogens (tertiary/aromatic N) is 2. The zero-order chi connectivity index (χ0) is 18.0. The van der Waals surface area contributed by atoms with E-state index in [9.17, 15) is 24.3 Å². The lowest BCUT2D eigenvalue weighted by molar-refractivity contribution is -0.130. The molecule has 2 atom stereocenters. The van der Waals surface area contributed by atoms with Crippen molar-refractivity contribution in [2.75, 3.05) is 26.2 Å². The van der Waals surface area contributed by atoms with Gasteiger partial charge in [0.15, 0.2) is 0 Å². The number of hydrogen-bond donors (Lipinski definition) is 3. The van der Waals surface area contributed by atoms with Crippen LogP contribution in [-0.4, -0.2) is 77.0 Å². The lowest BCUT2D eigenvalue weighted by Crippen LogP contribution is -2.47. The molecule has 2 fully saturated rings. The Balaban J connectivity index is 1.48. The van der Waals surface area contributed by atoms with Crippen molar-refractivity contribution < 1.29 is 24.3 Å². The van der Waals surface area contributed by atoms with Crippen LogP contribution < -0.4 is 10.6 Å². The van der Waals surface area contributed by atoms with Gasteiger partial charge >= 0.3 is 6.03 Å². The minimum absolute atomic E-state index is 0.0477. The maximum Gasteiger partial charge on any atom is 0.325 e. The Kier molecular flexibility index (Phi) is 5.03. The fourth-order valence-corrected chi connectivity index (χ4v) is 3.37. The first-order chi connectivity index (χ1) is 11.9. The number of amides is 5. The first-order valence-electron chi connectivity index (χ1n) is 8.44. The number of β-amino-alcohol motifs (C(OH)–C–C–N with tert-alkyl or cyclic N) is 1. The molecule has 3 N–H and O–H groups in total. The van der Waals surface area contributed by atoms with Gasteiger partial charge in [-0.1, -0.05) is 11.6 Å². The third-order valence-corrected chi connectivity index (χ3v) is 4.70. The van der Waals surface area contributed by atoms with Crippen LogP contribution in [-0.2, 0) is 14.4 Å². The number of hydrogen-bond acceptors (Lipinski definition) is 5. The molecule has 0 unspecified atom stereocenters. The summed E-state index contributed by atoms with van der Waals surface area (Å²) in [5.41, 5.74) is 1.14. The van der Waals surface area contributed by atoms with Crippen LogP contribution >= 0.6 is 0 Å². The number of urea groups is 1. The second-order valence-corrected chi connectivity index (χ2v) is 6.68. The van der Waals surface area contributed by atoms with Crippen LogP contribution in [0.25, 0.3) is 0 Å². The normalized spacial score (nSPS) is 26.0. The number of carbonyl (C=O) groups is 4. The number of imide groups is 1.